The minimum absolute atomic E-state index is 0.0414. The second-order valence-corrected chi connectivity index (χ2v) is 5.79. The van der Waals surface area contributed by atoms with Crippen molar-refractivity contribution in [2.45, 2.75) is 39.7 Å². The molecule has 1 heterocycles. The van der Waals surface area contributed by atoms with E-state index in [-0.39, 0.29) is 23.7 Å². The molecule has 1 fully saturated rings. The van der Waals surface area contributed by atoms with E-state index in [9.17, 15) is 14.3 Å². The van der Waals surface area contributed by atoms with E-state index in [1.165, 1.54) is 0 Å². The van der Waals surface area contributed by atoms with Crippen LogP contribution in [-0.2, 0) is 0 Å². The van der Waals surface area contributed by atoms with Crippen LogP contribution in [0.5, 0.6) is 0 Å². The number of hydrogen-bond donors (Lipinski definition) is 1. The number of likely N-dealkylation sites (tertiary alicyclic amines) is 1. The lowest BCUT2D eigenvalue weighted by Crippen LogP contribution is -2.40. The lowest BCUT2D eigenvalue weighted by molar-refractivity contribution is 0.0521. The van der Waals surface area contributed by atoms with Gasteiger partial charge >= 0.3 is 0 Å². The molecule has 2 rings (SSSR count). The number of carbonyl (C=O) groups is 1. The molecule has 0 aromatic heterocycles. The molecular weight excluding hydrogens is 257 g/mol. The van der Waals surface area contributed by atoms with Gasteiger partial charge in [0.25, 0.3) is 5.91 Å². The average Bonchev–Trinajstić information content (AvgIpc) is 2.43. The number of rotatable bonds is 2. The summed E-state index contributed by atoms with van der Waals surface area (Å²) in [4.78, 5) is 14.2. The number of benzene rings is 1. The van der Waals surface area contributed by atoms with Crippen molar-refractivity contribution < 1.29 is 14.3 Å². The Labute approximate surface area is 119 Å². The minimum Gasteiger partial charge on any atom is -0.393 e. The normalized spacial score (nSPS) is 18.1. The van der Waals surface area contributed by atoms with Crippen LogP contribution < -0.4 is 0 Å². The lowest BCUT2D eigenvalue weighted by Gasteiger charge is -2.33. The number of carbonyl (C=O) groups excluding carboxylic acids is 1. The average molecular weight is 279 g/mol. The molecule has 110 valence electrons. The maximum absolute atomic E-state index is 13.6. The first-order chi connectivity index (χ1) is 9.40. The van der Waals surface area contributed by atoms with Crippen molar-refractivity contribution in [3.8, 4) is 0 Å². The van der Waals surface area contributed by atoms with Gasteiger partial charge in [0.05, 0.1) is 6.10 Å². The van der Waals surface area contributed by atoms with Crippen molar-refractivity contribution in [3.63, 3.8) is 0 Å². The van der Waals surface area contributed by atoms with Crippen LogP contribution in [0.1, 0.15) is 41.3 Å². The van der Waals surface area contributed by atoms with E-state index in [1.54, 1.807) is 37.8 Å². The topological polar surface area (TPSA) is 40.5 Å². The first-order valence-corrected chi connectivity index (χ1v) is 7.14. The van der Waals surface area contributed by atoms with Gasteiger partial charge in [-0.25, -0.2) is 4.39 Å². The lowest BCUT2D eigenvalue weighted by atomic mass is 9.92. The molecule has 1 N–H and O–H groups in total. The second kappa shape index (κ2) is 5.92. The van der Waals surface area contributed by atoms with E-state index < -0.39 is 0 Å². The highest BCUT2D eigenvalue weighted by molar-refractivity contribution is 5.94. The molecule has 1 aliphatic heterocycles. The van der Waals surface area contributed by atoms with Crippen LogP contribution in [0, 0.1) is 25.6 Å². The van der Waals surface area contributed by atoms with Crippen LogP contribution >= 0.6 is 0 Å². The molecule has 1 aromatic rings. The van der Waals surface area contributed by atoms with Crippen LogP contribution in [0.25, 0.3) is 0 Å². The third-order valence-corrected chi connectivity index (χ3v) is 4.19. The SMILES string of the molecule is Cc1cc(C(=O)N2CCC(C(C)O)CC2)cc(C)c1F. The summed E-state index contributed by atoms with van der Waals surface area (Å²) in [6, 6.07) is 3.23. The number of aliphatic hydroxyl groups excluding tert-OH is 1. The Bertz CT molecular complexity index is 482. The molecule has 1 saturated heterocycles. The van der Waals surface area contributed by atoms with Gasteiger partial charge in [-0.1, -0.05) is 0 Å². The molecular formula is C16H22FNO2. The summed E-state index contributed by atoms with van der Waals surface area (Å²) in [6.07, 6.45) is 1.33. The number of hydrogen-bond acceptors (Lipinski definition) is 2. The number of aliphatic hydroxyl groups is 1. The van der Waals surface area contributed by atoms with Gasteiger partial charge in [-0.05, 0) is 62.8 Å². The predicted molar refractivity (Wildman–Crippen MR) is 76.2 cm³/mol. The molecule has 1 atom stereocenters. The Kier molecular flexibility index (Phi) is 4.43. The largest absolute Gasteiger partial charge is 0.393 e. The van der Waals surface area contributed by atoms with Crippen molar-refractivity contribution >= 4 is 5.91 Å². The Balaban J connectivity index is 2.09. The van der Waals surface area contributed by atoms with Crippen LogP contribution in [-0.4, -0.2) is 35.1 Å². The molecule has 0 spiro atoms. The Morgan fingerprint density at radius 1 is 1.30 bits per heavy atom. The van der Waals surface area contributed by atoms with E-state index >= 15 is 0 Å². The fourth-order valence-electron chi connectivity index (χ4n) is 2.84. The molecule has 0 aliphatic carbocycles. The van der Waals surface area contributed by atoms with Crippen LogP contribution in [0.2, 0.25) is 0 Å². The van der Waals surface area contributed by atoms with E-state index in [2.05, 4.69) is 0 Å². The highest BCUT2D eigenvalue weighted by atomic mass is 19.1. The summed E-state index contributed by atoms with van der Waals surface area (Å²) < 4.78 is 13.6. The maximum Gasteiger partial charge on any atom is 0.253 e. The van der Waals surface area contributed by atoms with Crippen LogP contribution in [0.4, 0.5) is 4.39 Å². The molecule has 1 unspecified atom stereocenters. The first-order valence-electron chi connectivity index (χ1n) is 7.14. The highest BCUT2D eigenvalue weighted by Gasteiger charge is 2.26. The predicted octanol–water partition coefficient (Wildman–Crippen LogP) is 2.68. The number of piperidine rings is 1. The van der Waals surface area contributed by atoms with E-state index in [4.69, 9.17) is 0 Å². The smallest absolute Gasteiger partial charge is 0.253 e. The van der Waals surface area contributed by atoms with E-state index in [0.29, 0.717) is 29.8 Å². The number of amides is 1. The molecule has 1 amide bonds. The molecule has 0 radical (unpaired) electrons. The quantitative estimate of drug-likeness (QED) is 0.904. The van der Waals surface area contributed by atoms with Gasteiger partial charge in [-0.15, -0.1) is 0 Å². The van der Waals surface area contributed by atoms with Gasteiger partial charge in [0.2, 0.25) is 0 Å². The van der Waals surface area contributed by atoms with Gasteiger partial charge in [0.1, 0.15) is 5.82 Å². The number of nitrogens with zero attached hydrogens (tertiary/aromatic N) is 1. The highest BCUT2D eigenvalue weighted by Crippen LogP contribution is 2.23. The van der Waals surface area contributed by atoms with Gasteiger partial charge in [0.15, 0.2) is 0 Å². The third kappa shape index (κ3) is 3.01. The van der Waals surface area contributed by atoms with Gasteiger partial charge in [0, 0.05) is 18.7 Å². The summed E-state index contributed by atoms with van der Waals surface area (Å²) >= 11 is 0. The Morgan fingerprint density at radius 2 is 1.80 bits per heavy atom. The van der Waals surface area contributed by atoms with Gasteiger partial charge in [-0.3, -0.25) is 4.79 Å². The summed E-state index contributed by atoms with van der Waals surface area (Å²) in [5, 5.41) is 9.58. The second-order valence-electron chi connectivity index (χ2n) is 5.79. The van der Waals surface area contributed by atoms with Crippen molar-refractivity contribution in [1.29, 1.82) is 0 Å². The molecule has 0 bridgehead atoms. The molecule has 20 heavy (non-hydrogen) atoms. The van der Waals surface area contributed by atoms with Crippen molar-refractivity contribution in [1.82, 2.24) is 4.90 Å². The molecule has 0 saturated carbocycles. The van der Waals surface area contributed by atoms with Crippen molar-refractivity contribution in [2.75, 3.05) is 13.1 Å². The number of aryl methyl sites for hydroxylation is 2. The fraction of sp³-hybridized carbons (Fsp3) is 0.562. The Hall–Kier alpha value is -1.42. The summed E-state index contributed by atoms with van der Waals surface area (Å²) in [7, 11) is 0. The summed E-state index contributed by atoms with van der Waals surface area (Å²) in [5.74, 6) is -0.00894. The zero-order valence-electron chi connectivity index (χ0n) is 12.3. The third-order valence-electron chi connectivity index (χ3n) is 4.19. The van der Waals surface area contributed by atoms with Crippen LogP contribution in [0.3, 0.4) is 0 Å². The number of halogens is 1. The zero-order valence-corrected chi connectivity index (χ0v) is 12.3. The minimum atomic E-state index is -0.317. The van der Waals surface area contributed by atoms with Crippen LogP contribution in [0.15, 0.2) is 12.1 Å². The fourth-order valence-corrected chi connectivity index (χ4v) is 2.84. The summed E-state index contributed by atoms with van der Waals surface area (Å²) in [5.41, 5.74) is 1.57. The van der Waals surface area contributed by atoms with Gasteiger partial charge < -0.3 is 10.0 Å². The molecule has 1 aliphatic rings. The maximum atomic E-state index is 13.6. The standard InChI is InChI=1S/C16H22FNO2/c1-10-8-14(9-11(2)15(10)17)16(20)18-6-4-13(5-7-18)12(3)19/h8-9,12-13,19H,4-7H2,1-3H3. The van der Waals surface area contributed by atoms with Crippen molar-refractivity contribution in [2.24, 2.45) is 5.92 Å². The molecule has 4 heteroatoms. The van der Waals surface area contributed by atoms with Crippen molar-refractivity contribution in [3.05, 3.63) is 34.6 Å². The van der Waals surface area contributed by atoms with Gasteiger partial charge in [-0.2, -0.15) is 0 Å². The molecule has 1 aromatic carbocycles. The zero-order chi connectivity index (χ0) is 14.9. The molecule has 3 nitrogen and oxygen atoms in total. The summed E-state index contributed by atoms with van der Waals surface area (Å²) in [6.45, 7) is 6.47. The Morgan fingerprint density at radius 3 is 2.25 bits per heavy atom. The first kappa shape index (κ1) is 15.0. The monoisotopic (exact) mass is 279 g/mol. The van der Waals surface area contributed by atoms with E-state index in [1.807, 2.05) is 0 Å². The van der Waals surface area contributed by atoms with E-state index in [0.717, 1.165) is 12.8 Å².